The maximum Gasteiger partial charge on any atom is 0.238 e. The molecule has 0 fully saturated rings. The molecule has 2 rings (SSSR count). The highest BCUT2D eigenvalue weighted by atomic mass is 35.5. The Bertz CT molecular complexity index is 621. The Morgan fingerprint density at radius 3 is 2.62 bits per heavy atom. The van der Waals surface area contributed by atoms with Crippen LogP contribution in [0.2, 0.25) is 10.0 Å². The second kappa shape index (κ2) is 6.93. The van der Waals surface area contributed by atoms with Crippen molar-refractivity contribution in [1.82, 2.24) is 14.7 Å². The molecule has 0 bridgehead atoms. The molecule has 21 heavy (non-hydrogen) atoms. The van der Waals surface area contributed by atoms with E-state index in [1.807, 2.05) is 25.2 Å². The van der Waals surface area contributed by atoms with Gasteiger partial charge in [-0.25, -0.2) is 0 Å². The lowest BCUT2D eigenvalue weighted by Crippen LogP contribution is -2.29. The van der Waals surface area contributed by atoms with Gasteiger partial charge in [-0.05, 0) is 19.2 Å². The van der Waals surface area contributed by atoms with Gasteiger partial charge in [0, 0.05) is 25.4 Å². The van der Waals surface area contributed by atoms with Crippen LogP contribution in [0.15, 0.2) is 30.6 Å². The van der Waals surface area contributed by atoms with E-state index in [2.05, 4.69) is 10.4 Å². The van der Waals surface area contributed by atoms with Crippen molar-refractivity contribution in [3.05, 3.63) is 46.2 Å². The summed E-state index contributed by atoms with van der Waals surface area (Å²) in [5, 5.41) is 7.67. The molecule has 1 heterocycles. The molecule has 0 aliphatic heterocycles. The van der Waals surface area contributed by atoms with Crippen LogP contribution in [-0.2, 0) is 18.4 Å². The van der Waals surface area contributed by atoms with Crippen molar-refractivity contribution >= 4 is 34.8 Å². The summed E-state index contributed by atoms with van der Waals surface area (Å²) in [6.07, 6.45) is 3.69. The second-order valence-electron chi connectivity index (χ2n) is 4.84. The summed E-state index contributed by atoms with van der Waals surface area (Å²) in [7, 11) is 3.72. The Morgan fingerprint density at radius 2 is 2.05 bits per heavy atom. The number of carbonyl (C=O) groups is 1. The Labute approximate surface area is 133 Å². The van der Waals surface area contributed by atoms with Crippen LogP contribution in [0.5, 0.6) is 0 Å². The number of aromatic nitrogens is 2. The number of hydrogen-bond donors (Lipinski definition) is 1. The van der Waals surface area contributed by atoms with E-state index in [0.29, 0.717) is 22.3 Å². The Morgan fingerprint density at radius 1 is 1.38 bits per heavy atom. The van der Waals surface area contributed by atoms with E-state index in [0.717, 1.165) is 5.56 Å². The summed E-state index contributed by atoms with van der Waals surface area (Å²) in [5.74, 6) is -0.170. The first kappa shape index (κ1) is 15.8. The van der Waals surface area contributed by atoms with Gasteiger partial charge in [-0.2, -0.15) is 5.10 Å². The number of aryl methyl sites for hydroxylation is 1. The highest BCUT2D eigenvalue weighted by molar-refractivity contribution is 6.39. The van der Waals surface area contributed by atoms with Crippen LogP contribution >= 0.6 is 23.2 Å². The fraction of sp³-hybridized carbons (Fsp3) is 0.286. The van der Waals surface area contributed by atoms with Crippen molar-refractivity contribution in [2.24, 2.45) is 7.05 Å². The molecule has 0 aliphatic rings. The van der Waals surface area contributed by atoms with Crippen LogP contribution in [0.4, 0.5) is 5.69 Å². The lowest BCUT2D eigenvalue weighted by molar-refractivity contribution is -0.117. The summed E-state index contributed by atoms with van der Waals surface area (Å²) in [4.78, 5) is 13.9. The highest BCUT2D eigenvalue weighted by Crippen LogP contribution is 2.29. The molecule has 1 aromatic carbocycles. The number of amides is 1. The zero-order valence-electron chi connectivity index (χ0n) is 11.8. The summed E-state index contributed by atoms with van der Waals surface area (Å²) in [6, 6.07) is 5.10. The zero-order valence-corrected chi connectivity index (χ0v) is 13.3. The molecule has 5 nitrogen and oxygen atoms in total. The number of nitrogens with zero attached hydrogens (tertiary/aromatic N) is 3. The van der Waals surface area contributed by atoms with Crippen LogP contribution in [0.25, 0.3) is 0 Å². The van der Waals surface area contributed by atoms with Crippen LogP contribution in [0.3, 0.4) is 0 Å². The Kier molecular flexibility index (Phi) is 5.22. The minimum absolute atomic E-state index is 0.170. The van der Waals surface area contributed by atoms with Crippen LogP contribution in [-0.4, -0.2) is 34.2 Å². The van der Waals surface area contributed by atoms with Crippen LogP contribution in [0, 0.1) is 0 Å². The largest absolute Gasteiger partial charge is 0.322 e. The molecule has 112 valence electrons. The Balaban J connectivity index is 1.92. The molecule has 0 spiro atoms. The first-order valence-corrected chi connectivity index (χ1v) is 7.11. The van der Waals surface area contributed by atoms with Crippen LogP contribution < -0.4 is 5.32 Å². The van der Waals surface area contributed by atoms with Gasteiger partial charge in [0.2, 0.25) is 5.91 Å². The molecule has 0 aliphatic carbocycles. The molecule has 1 aromatic heterocycles. The molecule has 0 radical (unpaired) electrons. The molecule has 0 atom stereocenters. The fourth-order valence-corrected chi connectivity index (χ4v) is 2.45. The number of hydrogen-bond acceptors (Lipinski definition) is 3. The SMILES string of the molecule is CN(CC(=O)Nc1c(Cl)cccc1Cl)Cc1cnn(C)c1. The molecule has 0 unspecified atom stereocenters. The summed E-state index contributed by atoms with van der Waals surface area (Å²) >= 11 is 12.0. The number of likely N-dealkylation sites (N-methyl/N-ethyl adjacent to an activating group) is 1. The third kappa shape index (κ3) is 4.46. The predicted molar refractivity (Wildman–Crippen MR) is 84.6 cm³/mol. The predicted octanol–water partition coefficient (Wildman–Crippen LogP) is 2.80. The van der Waals surface area contributed by atoms with Gasteiger partial charge >= 0.3 is 0 Å². The van der Waals surface area contributed by atoms with Gasteiger partial charge in [0.1, 0.15) is 0 Å². The highest BCUT2D eigenvalue weighted by Gasteiger charge is 2.12. The van der Waals surface area contributed by atoms with Gasteiger partial charge < -0.3 is 5.32 Å². The van der Waals surface area contributed by atoms with Crippen molar-refractivity contribution in [3.8, 4) is 0 Å². The van der Waals surface area contributed by atoms with Crippen molar-refractivity contribution in [3.63, 3.8) is 0 Å². The summed E-state index contributed by atoms with van der Waals surface area (Å²) in [5.41, 5.74) is 1.49. The van der Waals surface area contributed by atoms with E-state index in [-0.39, 0.29) is 12.5 Å². The summed E-state index contributed by atoms with van der Waals surface area (Å²) < 4.78 is 1.73. The maximum atomic E-state index is 12.0. The van der Waals surface area contributed by atoms with Crippen molar-refractivity contribution in [2.75, 3.05) is 18.9 Å². The second-order valence-corrected chi connectivity index (χ2v) is 5.65. The first-order valence-electron chi connectivity index (χ1n) is 6.35. The van der Waals surface area contributed by atoms with Gasteiger partial charge in [-0.15, -0.1) is 0 Å². The van der Waals surface area contributed by atoms with Crippen molar-refractivity contribution < 1.29 is 4.79 Å². The smallest absolute Gasteiger partial charge is 0.238 e. The number of rotatable bonds is 5. The van der Waals surface area contributed by atoms with Gasteiger partial charge in [0.15, 0.2) is 0 Å². The Hall–Kier alpha value is -1.56. The average molecular weight is 327 g/mol. The summed E-state index contributed by atoms with van der Waals surface area (Å²) in [6.45, 7) is 0.869. The van der Waals surface area contributed by atoms with Gasteiger partial charge in [0.25, 0.3) is 0 Å². The maximum absolute atomic E-state index is 12.0. The molecule has 2 aromatic rings. The number of halogens is 2. The van der Waals surface area contributed by atoms with E-state index in [4.69, 9.17) is 23.2 Å². The standard InChI is InChI=1S/C14H16Cl2N4O/c1-19(7-10-6-17-20(2)8-10)9-13(21)18-14-11(15)4-3-5-12(14)16/h3-6,8H,7,9H2,1-2H3,(H,18,21). The molecule has 1 N–H and O–H groups in total. The third-order valence-corrected chi connectivity index (χ3v) is 3.48. The van der Waals surface area contributed by atoms with Crippen LogP contribution in [0.1, 0.15) is 5.56 Å². The molecule has 0 saturated heterocycles. The van der Waals surface area contributed by atoms with Gasteiger partial charge in [-0.3, -0.25) is 14.4 Å². The molecule has 7 heteroatoms. The molecular weight excluding hydrogens is 311 g/mol. The number of nitrogens with one attached hydrogen (secondary N) is 1. The first-order chi connectivity index (χ1) is 9.95. The number of para-hydroxylation sites is 1. The van der Waals surface area contributed by atoms with E-state index < -0.39 is 0 Å². The van der Waals surface area contributed by atoms with E-state index in [9.17, 15) is 4.79 Å². The minimum Gasteiger partial charge on any atom is -0.322 e. The lowest BCUT2D eigenvalue weighted by Gasteiger charge is -2.16. The molecule has 1 amide bonds. The van der Waals surface area contributed by atoms with Gasteiger partial charge in [0.05, 0.1) is 28.5 Å². The van der Waals surface area contributed by atoms with E-state index in [1.165, 1.54) is 0 Å². The number of carbonyl (C=O) groups excluding carboxylic acids is 1. The molecule has 0 saturated carbocycles. The zero-order chi connectivity index (χ0) is 15.4. The molecular formula is C14H16Cl2N4O. The number of anilines is 1. The van der Waals surface area contributed by atoms with E-state index in [1.54, 1.807) is 29.1 Å². The average Bonchev–Trinajstić information content (AvgIpc) is 2.79. The normalized spacial score (nSPS) is 10.9. The van der Waals surface area contributed by atoms with Crippen molar-refractivity contribution in [1.29, 1.82) is 0 Å². The van der Waals surface area contributed by atoms with Gasteiger partial charge in [-0.1, -0.05) is 29.3 Å². The monoisotopic (exact) mass is 326 g/mol. The minimum atomic E-state index is -0.170. The third-order valence-electron chi connectivity index (χ3n) is 2.85. The topological polar surface area (TPSA) is 50.2 Å². The lowest BCUT2D eigenvalue weighted by atomic mass is 10.3. The van der Waals surface area contributed by atoms with E-state index >= 15 is 0 Å². The van der Waals surface area contributed by atoms with Crippen molar-refractivity contribution in [2.45, 2.75) is 6.54 Å². The quantitative estimate of drug-likeness (QED) is 0.919. The number of benzene rings is 1. The fourth-order valence-electron chi connectivity index (χ4n) is 1.96.